The van der Waals surface area contributed by atoms with E-state index in [0.29, 0.717) is 6.61 Å². The van der Waals surface area contributed by atoms with E-state index < -0.39 is 6.10 Å². The Hall–Kier alpha value is -1.10. The number of fused-ring (bicyclic) bond motifs is 4. The third-order valence-electron chi connectivity index (χ3n) is 3.78. The molecule has 0 aromatic heterocycles. The summed E-state index contributed by atoms with van der Waals surface area (Å²) in [6.45, 7) is 4.40. The lowest BCUT2D eigenvalue weighted by atomic mass is 9.89. The van der Waals surface area contributed by atoms with Crippen molar-refractivity contribution < 1.29 is 9.84 Å². The highest BCUT2D eigenvalue weighted by molar-refractivity contribution is 5.57. The van der Waals surface area contributed by atoms with E-state index in [1.54, 1.807) is 0 Å². The highest BCUT2D eigenvalue weighted by Gasteiger charge is 2.36. The predicted octanol–water partition coefficient (Wildman–Crippen LogP) is 1.41. The Morgan fingerprint density at radius 3 is 3.22 bits per heavy atom. The van der Waals surface area contributed by atoms with Crippen LogP contribution in [0.5, 0.6) is 0 Å². The SMILES string of the molecule is CCNCc1ccc2c(c1)[C@@H]1C[C@H](N2)[C@H](O)CO1. The highest BCUT2D eigenvalue weighted by Crippen LogP contribution is 2.39. The largest absolute Gasteiger partial charge is 0.389 e. The third-order valence-corrected chi connectivity index (χ3v) is 3.78. The summed E-state index contributed by atoms with van der Waals surface area (Å²) in [5, 5.41) is 16.6. The first-order valence-corrected chi connectivity index (χ1v) is 6.67. The summed E-state index contributed by atoms with van der Waals surface area (Å²) in [4.78, 5) is 0. The standard InChI is InChI=1S/C14H20N2O2/c1-2-15-7-9-3-4-11-10(5-9)14-6-12(16-11)13(17)8-18-14/h3-5,12-17H,2,6-8H2,1H3/t12-,13+,14-/m0/s1. The fraction of sp³-hybridized carbons (Fsp3) is 0.571. The smallest absolute Gasteiger partial charge is 0.0975 e. The van der Waals surface area contributed by atoms with Crippen LogP contribution < -0.4 is 10.6 Å². The number of hydrogen-bond acceptors (Lipinski definition) is 4. The number of aliphatic hydroxyl groups excluding tert-OH is 1. The van der Waals surface area contributed by atoms with Crippen LogP contribution >= 0.6 is 0 Å². The third kappa shape index (κ3) is 2.11. The molecule has 98 valence electrons. The molecule has 0 unspecified atom stereocenters. The molecule has 2 bridgehead atoms. The first kappa shape index (κ1) is 12.0. The maximum atomic E-state index is 9.82. The molecule has 0 saturated carbocycles. The molecule has 0 aliphatic carbocycles. The Morgan fingerprint density at radius 2 is 2.39 bits per heavy atom. The molecule has 2 aliphatic rings. The van der Waals surface area contributed by atoms with Crippen molar-refractivity contribution >= 4 is 5.69 Å². The van der Waals surface area contributed by atoms with Crippen LogP contribution in [0.25, 0.3) is 0 Å². The molecule has 3 rings (SSSR count). The summed E-state index contributed by atoms with van der Waals surface area (Å²) in [5.41, 5.74) is 3.62. The Labute approximate surface area is 107 Å². The summed E-state index contributed by atoms with van der Waals surface area (Å²) < 4.78 is 5.74. The van der Waals surface area contributed by atoms with E-state index in [4.69, 9.17) is 4.74 Å². The predicted molar refractivity (Wildman–Crippen MR) is 70.6 cm³/mol. The van der Waals surface area contributed by atoms with E-state index >= 15 is 0 Å². The van der Waals surface area contributed by atoms with Gasteiger partial charge in [0.1, 0.15) is 0 Å². The molecule has 3 N–H and O–H groups in total. The first-order valence-electron chi connectivity index (χ1n) is 6.67. The number of benzene rings is 1. The van der Waals surface area contributed by atoms with Gasteiger partial charge in [-0.1, -0.05) is 13.0 Å². The van der Waals surface area contributed by atoms with Gasteiger partial charge >= 0.3 is 0 Å². The van der Waals surface area contributed by atoms with Crippen LogP contribution in [0.3, 0.4) is 0 Å². The molecule has 2 aliphatic heterocycles. The Balaban J connectivity index is 1.85. The Morgan fingerprint density at radius 1 is 1.50 bits per heavy atom. The monoisotopic (exact) mass is 248 g/mol. The van der Waals surface area contributed by atoms with E-state index in [9.17, 15) is 5.11 Å². The van der Waals surface area contributed by atoms with Crippen molar-refractivity contribution in [1.82, 2.24) is 5.32 Å². The number of rotatable bonds is 3. The molecular weight excluding hydrogens is 228 g/mol. The molecule has 0 spiro atoms. The van der Waals surface area contributed by atoms with E-state index in [-0.39, 0.29) is 12.1 Å². The van der Waals surface area contributed by atoms with Crippen molar-refractivity contribution in [3.63, 3.8) is 0 Å². The fourth-order valence-corrected chi connectivity index (χ4v) is 2.75. The van der Waals surface area contributed by atoms with Gasteiger partial charge in [0.05, 0.1) is 24.9 Å². The van der Waals surface area contributed by atoms with Crippen LogP contribution in [0.15, 0.2) is 18.2 Å². The van der Waals surface area contributed by atoms with Gasteiger partial charge in [0.25, 0.3) is 0 Å². The van der Waals surface area contributed by atoms with E-state index in [1.807, 2.05) is 0 Å². The number of nitrogens with one attached hydrogen (secondary N) is 2. The number of hydrogen-bond donors (Lipinski definition) is 3. The molecule has 18 heavy (non-hydrogen) atoms. The summed E-state index contributed by atoms with van der Waals surface area (Å²) >= 11 is 0. The second kappa shape index (κ2) is 4.88. The quantitative estimate of drug-likeness (QED) is 0.757. The minimum absolute atomic E-state index is 0.135. The Kier molecular flexibility index (Phi) is 3.24. The van der Waals surface area contributed by atoms with Crippen molar-refractivity contribution in [2.75, 3.05) is 18.5 Å². The normalized spacial score (nSPS) is 29.6. The summed E-state index contributed by atoms with van der Waals surface area (Å²) in [5.74, 6) is 0. The molecule has 1 saturated heterocycles. The van der Waals surface area contributed by atoms with Crippen molar-refractivity contribution in [2.45, 2.75) is 38.1 Å². The summed E-state index contributed by atoms with van der Waals surface area (Å²) in [7, 11) is 0. The summed E-state index contributed by atoms with van der Waals surface area (Å²) in [6, 6.07) is 6.57. The number of aliphatic hydroxyl groups is 1. The van der Waals surface area contributed by atoms with E-state index in [1.165, 1.54) is 11.1 Å². The molecular formula is C14H20N2O2. The zero-order chi connectivity index (χ0) is 12.5. The number of anilines is 1. The zero-order valence-electron chi connectivity index (χ0n) is 10.6. The van der Waals surface area contributed by atoms with Crippen LogP contribution in [0, 0.1) is 0 Å². The van der Waals surface area contributed by atoms with Gasteiger partial charge in [-0.2, -0.15) is 0 Å². The minimum Gasteiger partial charge on any atom is -0.389 e. The van der Waals surface area contributed by atoms with E-state index in [2.05, 4.69) is 35.8 Å². The zero-order valence-corrected chi connectivity index (χ0v) is 10.6. The van der Waals surface area contributed by atoms with Gasteiger partial charge in [-0.15, -0.1) is 0 Å². The molecule has 0 radical (unpaired) electrons. The number of ether oxygens (including phenoxy) is 1. The minimum atomic E-state index is -0.393. The molecule has 4 heteroatoms. The fourth-order valence-electron chi connectivity index (χ4n) is 2.75. The van der Waals surface area contributed by atoms with Crippen LogP contribution in [-0.2, 0) is 11.3 Å². The lowest BCUT2D eigenvalue weighted by molar-refractivity contribution is -0.0672. The average molecular weight is 248 g/mol. The molecule has 2 heterocycles. The molecule has 0 amide bonds. The molecule has 1 aromatic rings. The topological polar surface area (TPSA) is 53.5 Å². The van der Waals surface area contributed by atoms with Crippen LogP contribution in [0.2, 0.25) is 0 Å². The summed E-state index contributed by atoms with van der Waals surface area (Å²) in [6.07, 6.45) is 0.603. The van der Waals surface area contributed by atoms with Crippen molar-refractivity contribution in [2.24, 2.45) is 0 Å². The molecule has 3 atom stereocenters. The second-order valence-corrected chi connectivity index (χ2v) is 5.08. The maximum absolute atomic E-state index is 9.82. The van der Waals surface area contributed by atoms with Crippen LogP contribution in [-0.4, -0.2) is 30.4 Å². The van der Waals surface area contributed by atoms with Crippen molar-refractivity contribution in [1.29, 1.82) is 0 Å². The van der Waals surface area contributed by atoms with Gasteiger partial charge < -0.3 is 20.5 Å². The lowest BCUT2D eigenvalue weighted by Crippen LogP contribution is -2.46. The van der Waals surface area contributed by atoms with Gasteiger partial charge in [0.2, 0.25) is 0 Å². The van der Waals surface area contributed by atoms with Gasteiger partial charge in [-0.25, -0.2) is 0 Å². The second-order valence-electron chi connectivity index (χ2n) is 5.08. The van der Waals surface area contributed by atoms with Crippen LogP contribution in [0.1, 0.15) is 30.6 Å². The highest BCUT2D eigenvalue weighted by atomic mass is 16.5. The molecule has 4 nitrogen and oxygen atoms in total. The van der Waals surface area contributed by atoms with Gasteiger partial charge in [-0.3, -0.25) is 0 Å². The van der Waals surface area contributed by atoms with Gasteiger partial charge in [0.15, 0.2) is 0 Å². The van der Waals surface area contributed by atoms with Gasteiger partial charge in [0, 0.05) is 24.2 Å². The van der Waals surface area contributed by atoms with E-state index in [0.717, 1.165) is 25.2 Å². The Bertz CT molecular complexity index is 436. The maximum Gasteiger partial charge on any atom is 0.0975 e. The van der Waals surface area contributed by atoms with Crippen molar-refractivity contribution in [3.8, 4) is 0 Å². The van der Waals surface area contributed by atoms with Crippen molar-refractivity contribution in [3.05, 3.63) is 29.3 Å². The first-order chi connectivity index (χ1) is 8.78. The molecule has 1 aromatic carbocycles. The van der Waals surface area contributed by atoms with Gasteiger partial charge in [-0.05, 0) is 24.2 Å². The lowest BCUT2D eigenvalue weighted by Gasteiger charge is -2.40. The average Bonchev–Trinajstić information content (AvgIpc) is 2.41. The molecule has 1 fully saturated rings. The van der Waals surface area contributed by atoms with Crippen LogP contribution in [0.4, 0.5) is 5.69 Å².